The summed E-state index contributed by atoms with van der Waals surface area (Å²) in [6.07, 6.45) is 0. The van der Waals surface area contributed by atoms with E-state index in [0.29, 0.717) is 0 Å². The average molecular weight is 865 g/mol. The summed E-state index contributed by atoms with van der Waals surface area (Å²) in [6.45, 7) is 0. The van der Waals surface area contributed by atoms with Crippen LogP contribution in [0.25, 0.3) is 86.9 Å². The standard InChI is InChI=1S/C66H44N2/c1-3-21-49(22-4-1)65-59-39-37-56(68(54-36-34-46-18-8-10-26-52(46)42-54)64-32-16-28-48-20-12-14-30-58(48)64)44-62(59)66(50-23-5-2-6-24-50)60-40-38-55(43-61(60)65)67(53-35-33-45-17-7-9-25-51(45)41-53)63-31-15-27-47-19-11-13-29-57(47)63/h1-44H. The molecule has 13 aromatic rings. The second-order valence-electron chi connectivity index (χ2n) is 17.7. The molecule has 0 saturated carbocycles. The van der Waals surface area contributed by atoms with E-state index in [4.69, 9.17) is 0 Å². The van der Waals surface area contributed by atoms with Crippen LogP contribution in [0.3, 0.4) is 0 Å². The summed E-state index contributed by atoms with van der Waals surface area (Å²) >= 11 is 0. The van der Waals surface area contributed by atoms with E-state index in [2.05, 4.69) is 277 Å². The molecule has 0 spiro atoms. The maximum atomic E-state index is 2.45. The van der Waals surface area contributed by atoms with E-state index < -0.39 is 0 Å². The van der Waals surface area contributed by atoms with Crippen LogP contribution >= 0.6 is 0 Å². The number of fused-ring (bicyclic) bond motifs is 6. The van der Waals surface area contributed by atoms with Crippen LogP contribution in [0.1, 0.15) is 0 Å². The van der Waals surface area contributed by atoms with Crippen LogP contribution in [0.15, 0.2) is 267 Å². The van der Waals surface area contributed by atoms with Gasteiger partial charge in [0.25, 0.3) is 0 Å². The Morgan fingerprint density at radius 2 is 0.529 bits per heavy atom. The highest BCUT2D eigenvalue weighted by atomic mass is 15.1. The second-order valence-corrected chi connectivity index (χ2v) is 17.7. The molecule has 0 aliphatic rings. The van der Waals surface area contributed by atoms with Crippen LogP contribution in [-0.2, 0) is 0 Å². The van der Waals surface area contributed by atoms with Gasteiger partial charge in [0, 0.05) is 33.5 Å². The summed E-state index contributed by atoms with van der Waals surface area (Å²) in [7, 11) is 0. The molecule has 0 N–H and O–H groups in total. The van der Waals surface area contributed by atoms with Gasteiger partial charge < -0.3 is 9.80 Å². The van der Waals surface area contributed by atoms with E-state index in [1.807, 2.05) is 0 Å². The molecular formula is C66H44N2. The quantitative estimate of drug-likeness (QED) is 0.140. The van der Waals surface area contributed by atoms with E-state index >= 15 is 0 Å². The minimum atomic E-state index is 1.09. The van der Waals surface area contributed by atoms with Gasteiger partial charge in [-0.15, -0.1) is 0 Å². The van der Waals surface area contributed by atoms with E-state index in [-0.39, 0.29) is 0 Å². The van der Waals surface area contributed by atoms with Crippen LogP contribution in [-0.4, -0.2) is 0 Å². The van der Waals surface area contributed by atoms with Crippen LogP contribution in [0.5, 0.6) is 0 Å². The lowest BCUT2D eigenvalue weighted by Gasteiger charge is -2.29. The minimum Gasteiger partial charge on any atom is -0.310 e. The van der Waals surface area contributed by atoms with Crippen molar-refractivity contribution in [3.63, 3.8) is 0 Å². The minimum absolute atomic E-state index is 1.09. The molecule has 68 heavy (non-hydrogen) atoms. The molecule has 2 heteroatoms. The molecule has 0 aromatic heterocycles. The van der Waals surface area contributed by atoms with Crippen molar-refractivity contribution >= 4 is 98.8 Å². The number of hydrogen-bond donors (Lipinski definition) is 0. The molecule has 13 aromatic carbocycles. The number of benzene rings is 13. The Morgan fingerprint density at radius 3 is 0.971 bits per heavy atom. The van der Waals surface area contributed by atoms with Gasteiger partial charge in [0.15, 0.2) is 0 Å². The monoisotopic (exact) mass is 864 g/mol. The molecule has 0 unspecified atom stereocenters. The van der Waals surface area contributed by atoms with Gasteiger partial charge in [-0.2, -0.15) is 0 Å². The molecule has 318 valence electrons. The molecule has 0 aliphatic carbocycles. The smallest absolute Gasteiger partial charge is 0.0540 e. The number of nitrogens with zero attached hydrogens (tertiary/aromatic N) is 2. The van der Waals surface area contributed by atoms with Crippen molar-refractivity contribution in [1.82, 2.24) is 0 Å². The first-order valence-electron chi connectivity index (χ1n) is 23.4. The first-order chi connectivity index (χ1) is 33.7. The maximum Gasteiger partial charge on any atom is 0.0540 e. The normalized spacial score (nSPS) is 11.5. The summed E-state index contributed by atoms with van der Waals surface area (Å²) in [6, 6.07) is 97.9. The fourth-order valence-electron chi connectivity index (χ4n) is 10.6. The molecule has 0 aliphatic heterocycles. The lowest BCUT2D eigenvalue weighted by molar-refractivity contribution is 1.31. The van der Waals surface area contributed by atoms with Crippen molar-refractivity contribution in [2.75, 3.05) is 9.80 Å². The number of hydrogen-bond acceptors (Lipinski definition) is 2. The van der Waals surface area contributed by atoms with Crippen molar-refractivity contribution in [2.24, 2.45) is 0 Å². The topological polar surface area (TPSA) is 6.48 Å². The zero-order chi connectivity index (χ0) is 45.0. The molecule has 0 amide bonds. The Labute approximate surface area is 395 Å². The lowest BCUT2D eigenvalue weighted by atomic mass is 9.85. The van der Waals surface area contributed by atoms with Gasteiger partial charge in [-0.25, -0.2) is 0 Å². The Morgan fingerprint density at radius 1 is 0.191 bits per heavy atom. The highest BCUT2D eigenvalue weighted by Gasteiger charge is 2.23. The van der Waals surface area contributed by atoms with Crippen molar-refractivity contribution < 1.29 is 0 Å². The maximum absolute atomic E-state index is 2.45. The number of rotatable bonds is 8. The highest BCUT2D eigenvalue weighted by Crippen LogP contribution is 2.49. The summed E-state index contributed by atoms with van der Waals surface area (Å²) in [5.41, 5.74) is 11.4. The summed E-state index contributed by atoms with van der Waals surface area (Å²) in [5, 5.41) is 14.4. The van der Waals surface area contributed by atoms with Gasteiger partial charge in [0.1, 0.15) is 0 Å². The Kier molecular flexibility index (Phi) is 9.54. The molecule has 0 bridgehead atoms. The lowest BCUT2D eigenvalue weighted by Crippen LogP contribution is -2.11. The molecule has 0 radical (unpaired) electrons. The van der Waals surface area contributed by atoms with Crippen molar-refractivity contribution in [3.8, 4) is 22.3 Å². The van der Waals surface area contributed by atoms with Crippen molar-refractivity contribution in [3.05, 3.63) is 267 Å². The first kappa shape index (κ1) is 39.4. The zero-order valence-electron chi connectivity index (χ0n) is 37.3. The summed E-state index contributed by atoms with van der Waals surface area (Å²) < 4.78 is 0. The predicted octanol–water partition coefficient (Wildman–Crippen LogP) is 18.9. The van der Waals surface area contributed by atoms with E-state index in [1.54, 1.807) is 0 Å². The third-order valence-corrected chi connectivity index (χ3v) is 13.7. The molecule has 0 saturated heterocycles. The fraction of sp³-hybridized carbons (Fsp3) is 0. The third kappa shape index (κ3) is 6.73. The third-order valence-electron chi connectivity index (χ3n) is 13.7. The van der Waals surface area contributed by atoms with Crippen LogP contribution < -0.4 is 9.80 Å². The average Bonchev–Trinajstić information content (AvgIpc) is 3.41. The van der Waals surface area contributed by atoms with E-state index in [9.17, 15) is 0 Å². The Hall–Kier alpha value is -8.98. The second kappa shape index (κ2) is 16.5. The Balaban J connectivity index is 1.11. The predicted molar refractivity (Wildman–Crippen MR) is 292 cm³/mol. The van der Waals surface area contributed by atoms with Gasteiger partial charge in [-0.05, 0) is 137 Å². The molecular weight excluding hydrogens is 821 g/mol. The summed E-state index contributed by atoms with van der Waals surface area (Å²) in [5.74, 6) is 0. The van der Waals surface area contributed by atoms with E-state index in [0.717, 1.165) is 34.1 Å². The van der Waals surface area contributed by atoms with Gasteiger partial charge in [0.2, 0.25) is 0 Å². The van der Waals surface area contributed by atoms with Crippen LogP contribution in [0, 0.1) is 0 Å². The van der Waals surface area contributed by atoms with Crippen LogP contribution in [0.2, 0.25) is 0 Å². The van der Waals surface area contributed by atoms with Gasteiger partial charge in [0.05, 0.1) is 11.4 Å². The Bertz CT molecular complexity index is 3770. The summed E-state index contributed by atoms with van der Waals surface area (Å²) in [4.78, 5) is 4.90. The molecule has 13 rings (SSSR count). The van der Waals surface area contributed by atoms with Gasteiger partial charge in [-0.1, -0.05) is 206 Å². The van der Waals surface area contributed by atoms with Crippen molar-refractivity contribution in [1.29, 1.82) is 0 Å². The molecule has 0 heterocycles. The highest BCUT2D eigenvalue weighted by molar-refractivity contribution is 6.23. The zero-order valence-corrected chi connectivity index (χ0v) is 37.3. The van der Waals surface area contributed by atoms with Crippen LogP contribution in [0.4, 0.5) is 34.1 Å². The first-order valence-corrected chi connectivity index (χ1v) is 23.4. The van der Waals surface area contributed by atoms with Crippen molar-refractivity contribution in [2.45, 2.75) is 0 Å². The van der Waals surface area contributed by atoms with E-state index in [1.165, 1.54) is 86.9 Å². The molecule has 0 fully saturated rings. The molecule has 0 atom stereocenters. The fourth-order valence-corrected chi connectivity index (χ4v) is 10.6. The largest absolute Gasteiger partial charge is 0.310 e. The van der Waals surface area contributed by atoms with Gasteiger partial charge >= 0.3 is 0 Å². The van der Waals surface area contributed by atoms with Gasteiger partial charge in [-0.3, -0.25) is 0 Å². The number of anilines is 6. The SMILES string of the molecule is c1ccc(-c2c3ccc(N(c4ccc5ccccc5c4)c4cccc5ccccc45)cc3c(-c3ccccc3)c3ccc(N(c4ccc5ccccc5c4)c4cccc5ccccc45)cc23)cc1. The molecule has 2 nitrogen and oxygen atoms in total.